The Bertz CT molecular complexity index is 1060. The SMILES string of the molecule is O=C([O-])c1ccc(C(=O)O)c(S(=O)(=O)[O-])c1.[OH3+].[Pb+2].c1cc(-c2ccncc2)ccn1. The van der Waals surface area contributed by atoms with Crippen LogP contribution in [0.15, 0.2) is 72.1 Å². The van der Waals surface area contributed by atoms with Crippen molar-refractivity contribution in [3.8, 4) is 11.1 Å². The minimum atomic E-state index is -5.06. The van der Waals surface area contributed by atoms with E-state index in [1.165, 1.54) is 11.1 Å². The van der Waals surface area contributed by atoms with Gasteiger partial charge in [-0.05, 0) is 53.1 Å². The molecule has 0 aliphatic heterocycles. The first-order chi connectivity index (χ1) is 13.2. The van der Waals surface area contributed by atoms with Crippen LogP contribution in [0.1, 0.15) is 20.7 Å². The molecule has 0 saturated heterocycles. The number of pyridine rings is 2. The summed E-state index contributed by atoms with van der Waals surface area (Å²) in [5.41, 5.74) is 0.985. The number of benzene rings is 1. The summed E-state index contributed by atoms with van der Waals surface area (Å²) in [5.74, 6) is -3.35. The molecule has 30 heavy (non-hydrogen) atoms. The summed E-state index contributed by atoms with van der Waals surface area (Å²) >= 11 is 0. The van der Waals surface area contributed by atoms with Crippen LogP contribution in [0, 0.1) is 0 Å². The summed E-state index contributed by atoms with van der Waals surface area (Å²) in [6.07, 6.45) is 7.15. The maximum absolute atomic E-state index is 10.7. The molecule has 1 aromatic carbocycles. The molecule has 10 nitrogen and oxygen atoms in total. The van der Waals surface area contributed by atoms with Crippen molar-refractivity contribution in [3.63, 3.8) is 0 Å². The fourth-order valence-corrected chi connectivity index (χ4v) is 2.82. The second-order valence-corrected chi connectivity index (χ2v) is 6.58. The molecule has 0 amide bonds. The number of carboxylic acids is 2. The van der Waals surface area contributed by atoms with Gasteiger partial charge in [0.05, 0.1) is 16.4 Å². The standard InChI is InChI=1S/C10H8N2.C8H6O7S.H2O.Pb/c1-5-11-6-2-9(1)10-3-7-12-8-4-10;9-7(10)4-1-2-5(8(11)12)6(3-4)16(13,14)15;;/h1-8H;1-3H,(H,9,10)(H,11,12)(H,13,14,15);1H2;/q;;;+2/p-1. The van der Waals surface area contributed by atoms with Gasteiger partial charge < -0.3 is 25.0 Å². The Morgan fingerprint density at radius 3 is 1.63 bits per heavy atom. The molecule has 2 radical (unpaired) electrons. The van der Waals surface area contributed by atoms with Gasteiger partial charge in [-0.3, -0.25) is 9.97 Å². The molecule has 0 spiro atoms. The van der Waals surface area contributed by atoms with Gasteiger partial charge in [-0.2, -0.15) is 0 Å². The number of aromatic nitrogens is 2. The van der Waals surface area contributed by atoms with Gasteiger partial charge in [-0.1, -0.05) is 6.07 Å². The predicted molar refractivity (Wildman–Crippen MR) is 104 cm³/mol. The maximum Gasteiger partial charge on any atom is 2.00 e. The van der Waals surface area contributed by atoms with E-state index in [-0.39, 0.29) is 32.8 Å². The van der Waals surface area contributed by atoms with Crippen molar-refractivity contribution in [1.82, 2.24) is 9.97 Å². The topological polar surface area (TPSA) is 193 Å². The van der Waals surface area contributed by atoms with Gasteiger partial charge in [0.15, 0.2) is 0 Å². The van der Waals surface area contributed by atoms with Crippen molar-refractivity contribution in [2.75, 3.05) is 0 Å². The first-order valence-electron chi connectivity index (χ1n) is 7.55. The summed E-state index contributed by atoms with van der Waals surface area (Å²) in [7, 11) is -5.06. The van der Waals surface area contributed by atoms with E-state index in [9.17, 15) is 27.7 Å². The molecule has 154 valence electrons. The minimum absolute atomic E-state index is 0. The summed E-state index contributed by atoms with van der Waals surface area (Å²) in [6.45, 7) is 0. The fraction of sp³-hybridized carbons (Fsp3) is 0. The van der Waals surface area contributed by atoms with E-state index in [4.69, 9.17) is 5.11 Å². The van der Waals surface area contributed by atoms with Crippen LogP contribution < -0.4 is 5.11 Å². The van der Waals surface area contributed by atoms with Gasteiger partial charge in [-0.15, -0.1) is 0 Å². The Morgan fingerprint density at radius 1 is 0.867 bits per heavy atom. The molecule has 0 atom stereocenters. The predicted octanol–water partition coefficient (Wildman–Crippen LogP) is -0.507. The van der Waals surface area contributed by atoms with Crippen LogP contribution in [0.2, 0.25) is 0 Å². The van der Waals surface area contributed by atoms with E-state index in [0.29, 0.717) is 6.07 Å². The smallest absolute Gasteiger partial charge is 0.744 e. The molecule has 0 aliphatic rings. The normalized spacial score (nSPS) is 9.77. The molecule has 0 fully saturated rings. The van der Waals surface area contributed by atoms with Gasteiger partial charge in [-0.25, -0.2) is 13.2 Å². The molecule has 0 unspecified atom stereocenters. The van der Waals surface area contributed by atoms with E-state index in [2.05, 4.69) is 9.97 Å². The zero-order valence-corrected chi connectivity index (χ0v) is 19.8. The number of carbonyl (C=O) groups is 2. The van der Waals surface area contributed by atoms with E-state index in [0.717, 1.165) is 12.1 Å². The fourth-order valence-electron chi connectivity index (χ4n) is 2.12. The maximum atomic E-state index is 10.7. The summed E-state index contributed by atoms with van der Waals surface area (Å²) in [4.78, 5) is 27.8. The van der Waals surface area contributed by atoms with Crippen molar-refractivity contribution >= 4 is 49.4 Å². The molecule has 0 aliphatic carbocycles. The number of nitrogens with zero attached hydrogens (tertiary/aromatic N) is 2. The van der Waals surface area contributed by atoms with Crippen LogP contribution in [-0.4, -0.2) is 67.3 Å². The Hall–Kier alpha value is -2.75. The van der Waals surface area contributed by atoms with Gasteiger partial charge in [0.25, 0.3) is 0 Å². The molecule has 2 aromatic heterocycles. The monoisotopic (exact) mass is 627 g/mol. The van der Waals surface area contributed by atoms with Crippen LogP contribution >= 0.6 is 0 Å². The van der Waals surface area contributed by atoms with Gasteiger partial charge >= 0.3 is 33.3 Å². The Labute approximate surface area is 191 Å². The van der Waals surface area contributed by atoms with Crippen molar-refractivity contribution in [1.29, 1.82) is 0 Å². The van der Waals surface area contributed by atoms with E-state index >= 15 is 0 Å². The van der Waals surface area contributed by atoms with Crippen molar-refractivity contribution < 1.29 is 38.2 Å². The molecule has 2 heterocycles. The molecule has 4 N–H and O–H groups in total. The van der Waals surface area contributed by atoms with Gasteiger partial charge in [0, 0.05) is 24.8 Å². The van der Waals surface area contributed by atoms with Crippen LogP contribution in [0.5, 0.6) is 0 Å². The number of aromatic carboxylic acids is 2. The minimum Gasteiger partial charge on any atom is -0.744 e. The molecule has 0 saturated carbocycles. The van der Waals surface area contributed by atoms with Crippen molar-refractivity contribution in [3.05, 3.63) is 78.4 Å². The second kappa shape index (κ2) is 12.1. The third-order valence-corrected chi connectivity index (χ3v) is 4.29. The van der Waals surface area contributed by atoms with Crippen LogP contribution in [-0.2, 0) is 15.6 Å². The number of carboxylic acid groups (broad SMARTS) is 2. The van der Waals surface area contributed by atoms with Crippen LogP contribution in [0.4, 0.5) is 0 Å². The summed E-state index contributed by atoms with van der Waals surface area (Å²) < 4.78 is 32.1. The first-order valence-corrected chi connectivity index (χ1v) is 8.96. The Balaban J connectivity index is 0.000000541. The van der Waals surface area contributed by atoms with Crippen LogP contribution in [0.3, 0.4) is 0 Å². The second-order valence-electron chi connectivity index (χ2n) is 5.23. The number of hydrogen-bond acceptors (Lipinski definition) is 8. The molecule has 3 aromatic rings. The zero-order valence-electron chi connectivity index (χ0n) is 15.1. The number of hydrogen-bond donors (Lipinski definition) is 1. The number of carbonyl (C=O) groups excluding carboxylic acids is 1. The third kappa shape index (κ3) is 7.58. The average molecular weight is 627 g/mol. The van der Waals surface area contributed by atoms with Crippen LogP contribution in [0.25, 0.3) is 11.1 Å². The largest absolute Gasteiger partial charge is 2.00 e. The summed E-state index contributed by atoms with van der Waals surface area (Å²) in [5, 5.41) is 19.0. The molecule has 12 heteroatoms. The van der Waals surface area contributed by atoms with E-state index < -0.39 is 38.1 Å². The zero-order chi connectivity index (χ0) is 20.7. The van der Waals surface area contributed by atoms with Crippen molar-refractivity contribution in [2.45, 2.75) is 4.90 Å². The molecular formula is C18H15N2O8PbS+. The van der Waals surface area contributed by atoms with Gasteiger partial charge in [0.2, 0.25) is 0 Å². The Morgan fingerprint density at radius 2 is 1.30 bits per heavy atom. The molecule has 3 rings (SSSR count). The Kier molecular flexibility index (Phi) is 11.0. The molecular weight excluding hydrogens is 611 g/mol. The molecule has 0 bridgehead atoms. The first kappa shape index (κ1) is 27.3. The van der Waals surface area contributed by atoms with Gasteiger partial charge in [0.1, 0.15) is 10.1 Å². The average Bonchev–Trinajstić information content (AvgIpc) is 2.68. The quantitative estimate of drug-likeness (QED) is 0.226. The third-order valence-electron chi connectivity index (χ3n) is 3.41. The van der Waals surface area contributed by atoms with E-state index in [1.54, 1.807) is 24.8 Å². The van der Waals surface area contributed by atoms with E-state index in [1.807, 2.05) is 24.3 Å². The van der Waals surface area contributed by atoms with Crippen molar-refractivity contribution in [2.24, 2.45) is 0 Å². The summed E-state index contributed by atoms with van der Waals surface area (Å²) in [6, 6.07) is 9.95. The number of rotatable bonds is 4.